The molecule has 0 radical (unpaired) electrons. The second-order valence-corrected chi connectivity index (χ2v) is 3.36. The first kappa shape index (κ1) is 7.43. The molecule has 12 heavy (non-hydrogen) atoms. The minimum atomic E-state index is -0.448. The van der Waals surface area contributed by atoms with Crippen molar-refractivity contribution in [3.05, 3.63) is 35.0 Å². The summed E-state index contributed by atoms with van der Waals surface area (Å²) in [6.45, 7) is 0. The third-order valence-corrected chi connectivity index (χ3v) is 2.62. The summed E-state index contributed by atoms with van der Waals surface area (Å²) >= 11 is 1.50. The molecule has 0 fully saturated rings. The first-order chi connectivity index (χ1) is 5.83. The molecule has 3 heteroatoms. The van der Waals surface area contributed by atoms with Crippen LogP contribution in [0.1, 0.15) is 10.4 Å². The maximum atomic E-state index is 13.0. The van der Waals surface area contributed by atoms with Gasteiger partial charge in [-0.25, -0.2) is 4.39 Å². The van der Waals surface area contributed by atoms with E-state index in [4.69, 9.17) is 0 Å². The number of aldehydes is 1. The van der Waals surface area contributed by atoms with Crippen LogP contribution in [0.5, 0.6) is 0 Å². The monoisotopic (exact) mass is 180 g/mol. The van der Waals surface area contributed by atoms with Gasteiger partial charge in [-0.1, -0.05) is 0 Å². The molecule has 2 aromatic rings. The van der Waals surface area contributed by atoms with E-state index in [1.54, 1.807) is 12.1 Å². The molecule has 0 aliphatic carbocycles. The van der Waals surface area contributed by atoms with E-state index >= 15 is 0 Å². The third kappa shape index (κ3) is 0.940. The Kier molecular flexibility index (Phi) is 1.66. The average Bonchev–Trinajstić information content (AvgIpc) is 2.52. The van der Waals surface area contributed by atoms with Gasteiger partial charge in [-0.2, -0.15) is 0 Å². The highest BCUT2D eigenvalue weighted by Gasteiger charge is 2.06. The Morgan fingerprint density at radius 1 is 1.33 bits per heavy atom. The Morgan fingerprint density at radius 2 is 2.17 bits per heavy atom. The number of rotatable bonds is 1. The van der Waals surface area contributed by atoms with Crippen molar-refractivity contribution in [2.45, 2.75) is 0 Å². The topological polar surface area (TPSA) is 17.1 Å². The highest BCUT2D eigenvalue weighted by Crippen LogP contribution is 2.24. The van der Waals surface area contributed by atoms with Crippen LogP contribution in [-0.4, -0.2) is 6.29 Å². The van der Waals surface area contributed by atoms with Crippen molar-refractivity contribution in [1.29, 1.82) is 0 Å². The number of benzene rings is 1. The summed E-state index contributed by atoms with van der Waals surface area (Å²) in [5, 5.41) is 2.55. The molecule has 0 aliphatic heterocycles. The second-order valence-electron chi connectivity index (χ2n) is 2.41. The molecule has 0 saturated heterocycles. The molecule has 0 amide bonds. The lowest BCUT2D eigenvalue weighted by molar-refractivity contribution is 0.112. The van der Waals surface area contributed by atoms with Gasteiger partial charge in [0.05, 0.1) is 5.56 Å². The Bertz CT molecular complexity index is 433. The lowest BCUT2D eigenvalue weighted by Crippen LogP contribution is -1.86. The van der Waals surface area contributed by atoms with Crippen LogP contribution in [0, 0.1) is 5.82 Å². The lowest BCUT2D eigenvalue weighted by atomic mass is 10.1. The molecule has 1 aromatic carbocycles. The van der Waals surface area contributed by atoms with Gasteiger partial charge >= 0.3 is 0 Å². The fourth-order valence-electron chi connectivity index (χ4n) is 1.16. The average molecular weight is 180 g/mol. The molecule has 0 aliphatic rings. The quantitative estimate of drug-likeness (QED) is 0.617. The van der Waals surface area contributed by atoms with Crippen molar-refractivity contribution in [2.24, 2.45) is 0 Å². The summed E-state index contributed by atoms with van der Waals surface area (Å²) < 4.78 is 13.9. The van der Waals surface area contributed by atoms with E-state index in [0.29, 0.717) is 11.7 Å². The minimum Gasteiger partial charge on any atom is -0.298 e. The molecular weight excluding hydrogens is 175 g/mol. The summed E-state index contributed by atoms with van der Waals surface area (Å²) in [4.78, 5) is 10.5. The van der Waals surface area contributed by atoms with Gasteiger partial charge in [-0.05, 0) is 23.6 Å². The number of carbonyl (C=O) groups excluding carboxylic acids is 1. The van der Waals surface area contributed by atoms with Gasteiger partial charge in [0, 0.05) is 10.1 Å². The smallest absolute Gasteiger partial charge is 0.153 e. The van der Waals surface area contributed by atoms with Crippen LogP contribution >= 0.6 is 11.3 Å². The van der Waals surface area contributed by atoms with Crippen LogP contribution in [0.25, 0.3) is 10.1 Å². The molecule has 0 unspecified atom stereocenters. The Balaban J connectivity index is 2.91. The van der Waals surface area contributed by atoms with E-state index < -0.39 is 5.82 Å². The molecule has 1 nitrogen and oxygen atoms in total. The molecule has 2 rings (SSSR count). The van der Waals surface area contributed by atoms with Gasteiger partial charge in [-0.15, -0.1) is 11.3 Å². The van der Waals surface area contributed by atoms with Crippen LogP contribution < -0.4 is 0 Å². The van der Waals surface area contributed by atoms with Gasteiger partial charge in [0.1, 0.15) is 5.82 Å². The number of thiophene rings is 1. The number of fused-ring (bicyclic) bond motifs is 1. The Morgan fingerprint density at radius 3 is 2.92 bits per heavy atom. The van der Waals surface area contributed by atoms with Gasteiger partial charge < -0.3 is 0 Å². The summed E-state index contributed by atoms with van der Waals surface area (Å²) in [5.41, 5.74) is 0.161. The zero-order valence-electron chi connectivity index (χ0n) is 6.08. The normalized spacial score (nSPS) is 10.4. The first-order valence-corrected chi connectivity index (χ1v) is 4.32. The van der Waals surface area contributed by atoms with Gasteiger partial charge in [0.2, 0.25) is 0 Å². The maximum Gasteiger partial charge on any atom is 0.153 e. The van der Waals surface area contributed by atoms with E-state index in [9.17, 15) is 9.18 Å². The van der Waals surface area contributed by atoms with Crippen molar-refractivity contribution in [2.75, 3.05) is 0 Å². The predicted octanol–water partition coefficient (Wildman–Crippen LogP) is 2.85. The highest BCUT2D eigenvalue weighted by atomic mass is 32.1. The van der Waals surface area contributed by atoms with Crippen LogP contribution in [-0.2, 0) is 0 Å². The van der Waals surface area contributed by atoms with E-state index in [2.05, 4.69) is 0 Å². The summed E-state index contributed by atoms with van der Waals surface area (Å²) in [7, 11) is 0. The van der Waals surface area contributed by atoms with Gasteiger partial charge in [-0.3, -0.25) is 4.79 Å². The molecule has 0 saturated carbocycles. The zero-order valence-corrected chi connectivity index (χ0v) is 6.90. The SMILES string of the molecule is O=Cc1c(F)ccc2sccc12. The van der Waals surface area contributed by atoms with Crippen molar-refractivity contribution in [3.8, 4) is 0 Å². The van der Waals surface area contributed by atoms with Gasteiger partial charge in [0.15, 0.2) is 6.29 Å². The molecule has 0 bridgehead atoms. The lowest BCUT2D eigenvalue weighted by Gasteiger charge is -1.95. The molecule has 0 spiro atoms. The van der Waals surface area contributed by atoms with Crippen molar-refractivity contribution in [1.82, 2.24) is 0 Å². The van der Waals surface area contributed by atoms with E-state index in [0.717, 1.165) is 4.70 Å². The van der Waals surface area contributed by atoms with Crippen molar-refractivity contribution >= 4 is 27.7 Å². The molecule has 0 atom stereocenters. The second kappa shape index (κ2) is 2.68. The molecule has 0 N–H and O–H groups in total. The summed E-state index contributed by atoms with van der Waals surface area (Å²) in [5.74, 6) is -0.448. The van der Waals surface area contributed by atoms with Crippen LogP contribution in [0.2, 0.25) is 0 Å². The first-order valence-electron chi connectivity index (χ1n) is 3.44. The number of hydrogen-bond donors (Lipinski definition) is 0. The highest BCUT2D eigenvalue weighted by molar-refractivity contribution is 7.17. The minimum absolute atomic E-state index is 0.161. The van der Waals surface area contributed by atoms with Crippen LogP contribution in [0.15, 0.2) is 23.6 Å². The number of carbonyl (C=O) groups is 1. The Hall–Kier alpha value is -1.22. The predicted molar refractivity (Wildman–Crippen MR) is 47.2 cm³/mol. The van der Waals surface area contributed by atoms with E-state index in [1.807, 2.05) is 5.38 Å². The van der Waals surface area contributed by atoms with Crippen molar-refractivity contribution < 1.29 is 9.18 Å². The zero-order chi connectivity index (χ0) is 8.55. The maximum absolute atomic E-state index is 13.0. The van der Waals surface area contributed by atoms with E-state index in [1.165, 1.54) is 17.4 Å². The number of halogens is 1. The Labute approximate surface area is 72.4 Å². The molecule has 60 valence electrons. The molecule has 1 heterocycles. The largest absolute Gasteiger partial charge is 0.298 e. The number of hydrogen-bond acceptors (Lipinski definition) is 2. The van der Waals surface area contributed by atoms with Gasteiger partial charge in [0.25, 0.3) is 0 Å². The molecular formula is C9H5FOS. The fraction of sp³-hybridized carbons (Fsp3) is 0. The standard InChI is InChI=1S/C9H5FOS/c10-8-1-2-9-6(3-4-12-9)7(8)5-11/h1-5H. The van der Waals surface area contributed by atoms with Crippen LogP contribution in [0.4, 0.5) is 4.39 Å². The summed E-state index contributed by atoms with van der Waals surface area (Å²) in [6.07, 6.45) is 0.560. The fourth-order valence-corrected chi connectivity index (χ4v) is 1.96. The molecule has 1 aromatic heterocycles. The van der Waals surface area contributed by atoms with E-state index in [-0.39, 0.29) is 5.56 Å². The van der Waals surface area contributed by atoms with Crippen LogP contribution in [0.3, 0.4) is 0 Å². The third-order valence-electron chi connectivity index (χ3n) is 1.74. The van der Waals surface area contributed by atoms with Crippen molar-refractivity contribution in [3.63, 3.8) is 0 Å². The summed E-state index contributed by atoms with van der Waals surface area (Å²) in [6, 6.07) is 4.76.